The normalized spacial score (nSPS) is 10.8. The highest BCUT2D eigenvalue weighted by Gasteiger charge is 2.03. The lowest BCUT2D eigenvalue weighted by molar-refractivity contribution is 0.298. The first-order valence-electron chi connectivity index (χ1n) is 5.12. The van der Waals surface area contributed by atoms with Crippen LogP contribution < -0.4 is 0 Å². The quantitative estimate of drug-likeness (QED) is 0.936. The van der Waals surface area contributed by atoms with E-state index in [4.69, 9.17) is 5.11 Å². The Morgan fingerprint density at radius 3 is 2.88 bits per heavy atom. The van der Waals surface area contributed by atoms with Crippen LogP contribution in [0.2, 0.25) is 0 Å². The minimum Gasteiger partial charge on any atom is -0.396 e. The summed E-state index contributed by atoms with van der Waals surface area (Å²) >= 11 is 3.24. The first-order chi connectivity index (χ1) is 8.17. The number of aliphatic hydroxyl groups is 1. The highest BCUT2D eigenvalue weighted by atomic mass is 79.9. The van der Waals surface area contributed by atoms with Gasteiger partial charge >= 0.3 is 0 Å². The molecule has 1 N–H and O–H groups in total. The van der Waals surface area contributed by atoms with Gasteiger partial charge in [-0.05, 0) is 23.8 Å². The fourth-order valence-electron chi connectivity index (χ4n) is 1.53. The van der Waals surface area contributed by atoms with Gasteiger partial charge < -0.3 is 5.11 Å². The average Bonchev–Trinajstić information content (AvgIpc) is 2.64. The first-order valence-corrected chi connectivity index (χ1v) is 5.91. The van der Waals surface area contributed by atoms with Crippen LogP contribution in [0.5, 0.6) is 0 Å². The van der Waals surface area contributed by atoms with Crippen LogP contribution in [-0.2, 0) is 13.0 Å². The van der Waals surface area contributed by atoms with Gasteiger partial charge in [0.25, 0.3) is 0 Å². The molecule has 0 unspecified atom stereocenters. The van der Waals surface area contributed by atoms with Gasteiger partial charge in [0.2, 0.25) is 0 Å². The molecule has 0 amide bonds. The molecule has 2 aromatic rings. The van der Waals surface area contributed by atoms with Crippen molar-refractivity contribution in [1.82, 2.24) is 15.0 Å². The van der Waals surface area contributed by atoms with Crippen LogP contribution in [0.25, 0.3) is 0 Å². The van der Waals surface area contributed by atoms with Gasteiger partial charge in [0.05, 0.1) is 12.2 Å². The third kappa shape index (κ3) is 3.34. The maximum Gasteiger partial charge on any atom is 0.124 e. The van der Waals surface area contributed by atoms with Crippen molar-refractivity contribution in [3.8, 4) is 0 Å². The van der Waals surface area contributed by atoms with Gasteiger partial charge in [-0.25, -0.2) is 9.07 Å². The zero-order valence-electron chi connectivity index (χ0n) is 8.98. The summed E-state index contributed by atoms with van der Waals surface area (Å²) in [5.74, 6) is -0.287. The molecule has 0 fully saturated rings. The Morgan fingerprint density at radius 2 is 2.18 bits per heavy atom. The Morgan fingerprint density at radius 1 is 1.35 bits per heavy atom. The van der Waals surface area contributed by atoms with Gasteiger partial charge in [-0.15, -0.1) is 5.10 Å². The second kappa shape index (κ2) is 5.37. The van der Waals surface area contributed by atoms with E-state index in [0.717, 1.165) is 11.3 Å². The Bertz CT molecular complexity index is 495. The molecule has 2 rings (SSSR count). The number of aliphatic hydroxyl groups excluding tert-OH is 1. The Balaban J connectivity index is 2.13. The van der Waals surface area contributed by atoms with E-state index in [1.54, 1.807) is 10.9 Å². The van der Waals surface area contributed by atoms with E-state index in [2.05, 4.69) is 26.2 Å². The van der Waals surface area contributed by atoms with Gasteiger partial charge in [-0.2, -0.15) is 0 Å². The lowest BCUT2D eigenvalue weighted by Gasteiger charge is -2.02. The van der Waals surface area contributed by atoms with E-state index < -0.39 is 0 Å². The average molecular weight is 300 g/mol. The Labute approximate surface area is 106 Å². The standard InChI is InChI=1S/C11H11BrFN3O/c12-9-3-8(4-10(13)5-9)6-16-7-11(1-2-17)14-15-16/h3-5,7,17H,1-2,6H2. The molecule has 0 saturated carbocycles. The molecular weight excluding hydrogens is 289 g/mol. The summed E-state index contributed by atoms with van der Waals surface area (Å²) in [6.45, 7) is 0.499. The van der Waals surface area contributed by atoms with Crippen molar-refractivity contribution in [3.63, 3.8) is 0 Å². The van der Waals surface area contributed by atoms with Crippen LogP contribution in [0.15, 0.2) is 28.9 Å². The fourth-order valence-corrected chi connectivity index (χ4v) is 2.05. The molecule has 4 nitrogen and oxygen atoms in total. The number of hydrogen-bond acceptors (Lipinski definition) is 3. The molecule has 1 aromatic heterocycles. The molecular formula is C11H11BrFN3O. The van der Waals surface area contributed by atoms with Crippen LogP contribution in [0.3, 0.4) is 0 Å². The largest absolute Gasteiger partial charge is 0.396 e. The molecule has 90 valence electrons. The molecule has 1 aromatic carbocycles. The molecule has 0 aliphatic heterocycles. The smallest absolute Gasteiger partial charge is 0.124 e. The molecule has 0 aliphatic carbocycles. The van der Waals surface area contributed by atoms with Gasteiger partial charge in [0, 0.05) is 23.7 Å². The molecule has 0 atom stereocenters. The van der Waals surface area contributed by atoms with Crippen molar-refractivity contribution in [1.29, 1.82) is 0 Å². The molecule has 0 spiro atoms. The summed E-state index contributed by atoms with van der Waals surface area (Å²) in [6.07, 6.45) is 2.22. The van der Waals surface area contributed by atoms with Crippen LogP contribution in [-0.4, -0.2) is 26.7 Å². The topological polar surface area (TPSA) is 50.9 Å². The zero-order chi connectivity index (χ0) is 12.3. The number of halogens is 2. The molecule has 0 radical (unpaired) electrons. The number of hydrogen-bond donors (Lipinski definition) is 1. The Hall–Kier alpha value is -1.27. The summed E-state index contributed by atoms with van der Waals surface area (Å²) in [6, 6.07) is 4.69. The Kier molecular flexibility index (Phi) is 3.86. The number of rotatable bonds is 4. The zero-order valence-corrected chi connectivity index (χ0v) is 10.6. The summed E-state index contributed by atoms with van der Waals surface area (Å²) in [4.78, 5) is 0. The summed E-state index contributed by atoms with van der Waals surface area (Å²) in [5, 5.41) is 16.6. The van der Waals surface area contributed by atoms with Crippen molar-refractivity contribution in [2.75, 3.05) is 6.61 Å². The highest BCUT2D eigenvalue weighted by molar-refractivity contribution is 9.10. The number of aromatic nitrogens is 3. The third-order valence-electron chi connectivity index (χ3n) is 2.22. The second-order valence-corrected chi connectivity index (χ2v) is 4.57. The molecule has 0 bridgehead atoms. The minimum atomic E-state index is -0.287. The van der Waals surface area contributed by atoms with E-state index >= 15 is 0 Å². The summed E-state index contributed by atoms with van der Waals surface area (Å²) in [7, 11) is 0. The van der Waals surface area contributed by atoms with E-state index in [1.165, 1.54) is 12.1 Å². The van der Waals surface area contributed by atoms with Crippen molar-refractivity contribution in [3.05, 3.63) is 45.9 Å². The molecule has 17 heavy (non-hydrogen) atoms. The number of benzene rings is 1. The van der Waals surface area contributed by atoms with Gasteiger partial charge in [0.15, 0.2) is 0 Å². The van der Waals surface area contributed by atoms with Gasteiger partial charge in [0.1, 0.15) is 5.82 Å². The second-order valence-electron chi connectivity index (χ2n) is 3.66. The van der Waals surface area contributed by atoms with Gasteiger partial charge in [-0.1, -0.05) is 21.1 Å². The van der Waals surface area contributed by atoms with Crippen molar-refractivity contribution >= 4 is 15.9 Å². The van der Waals surface area contributed by atoms with Crippen LogP contribution in [0.4, 0.5) is 4.39 Å². The SMILES string of the molecule is OCCc1cn(Cc2cc(F)cc(Br)c2)nn1. The van der Waals surface area contributed by atoms with Crippen molar-refractivity contribution in [2.45, 2.75) is 13.0 Å². The predicted octanol–water partition coefficient (Wildman–Crippen LogP) is 1.76. The van der Waals surface area contributed by atoms with E-state index in [-0.39, 0.29) is 12.4 Å². The fraction of sp³-hybridized carbons (Fsp3) is 0.273. The first kappa shape index (κ1) is 12.2. The molecule has 6 heteroatoms. The van der Waals surface area contributed by atoms with Crippen molar-refractivity contribution in [2.24, 2.45) is 0 Å². The van der Waals surface area contributed by atoms with Gasteiger partial charge in [-0.3, -0.25) is 0 Å². The van der Waals surface area contributed by atoms with Crippen molar-refractivity contribution < 1.29 is 9.50 Å². The lowest BCUT2D eigenvalue weighted by Crippen LogP contribution is -2.01. The maximum absolute atomic E-state index is 13.1. The minimum absolute atomic E-state index is 0.0458. The molecule has 1 heterocycles. The molecule has 0 aliphatic rings. The van der Waals surface area contributed by atoms with Crippen LogP contribution in [0.1, 0.15) is 11.3 Å². The van der Waals surface area contributed by atoms with Crippen LogP contribution >= 0.6 is 15.9 Å². The van der Waals surface area contributed by atoms with E-state index in [0.29, 0.717) is 17.4 Å². The molecule has 0 saturated heterocycles. The lowest BCUT2D eigenvalue weighted by atomic mass is 10.2. The highest BCUT2D eigenvalue weighted by Crippen LogP contribution is 2.15. The maximum atomic E-state index is 13.1. The predicted molar refractivity (Wildman–Crippen MR) is 64.0 cm³/mol. The van der Waals surface area contributed by atoms with Crippen LogP contribution in [0, 0.1) is 5.82 Å². The summed E-state index contributed by atoms with van der Waals surface area (Å²) in [5.41, 5.74) is 1.53. The van der Waals surface area contributed by atoms with E-state index in [9.17, 15) is 4.39 Å². The number of nitrogens with zero attached hydrogens (tertiary/aromatic N) is 3. The monoisotopic (exact) mass is 299 g/mol. The summed E-state index contributed by atoms with van der Waals surface area (Å²) < 4.78 is 15.5. The van der Waals surface area contributed by atoms with E-state index in [1.807, 2.05) is 6.07 Å². The third-order valence-corrected chi connectivity index (χ3v) is 2.68.